The van der Waals surface area contributed by atoms with Gasteiger partial charge in [-0.1, -0.05) is 18.5 Å². The lowest BCUT2D eigenvalue weighted by Gasteiger charge is -2.13. The molecule has 1 aromatic carbocycles. The monoisotopic (exact) mass is 313 g/mol. The molecule has 0 aromatic heterocycles. The van der Waals surface area contributed by atoms with Crippen LogP contribution in [0.25, 0.3) is 0 Å². The first-order valence-electron chi connectivity index (χ1n) is 6.75. The third-order valence-corrected chi connectivity index (χ3v) is 2.93. The van der Waals surface area contributed by atoms with Gasteiger partial charge in [-0.05, 0) is 38.0 Å². The number of benzene rings is 1. The molecule has 2 N–H and O–H groups in total. The van der Waals surface area contributed by atoms with E-state index in [0.29, 0.717) is 16.5 Å². The summed E-state index contributed by atoms with van der Waals surface area (Å²) in [5.41, 5.74) is 0.559. The van der Waals surface area contributed by atoms with Gasteiger partial charge in [-0.3, -0.25) is 9.59 Å². The highest BCUT2D eigenvalue weighted by Crippen LogP contribution is 2.28. The van der Waals surface area contributed by atoms with Crippen LogP contribution in [0.2, 0.25) is 5.02 Å². The molecule has 1 atom stereocenters. The predicted octanol–water partition coefficient (Wildman–Crippen LogP) is 3.57. The van der Waals surface area contributed by atoms with E-state index in [1.807, 2.05) is 13.8 Å². The zero-order chi connectivity index (χ0) is 16.0. The Kier molecular flexibility index (Phi) is 6.49. The fraction of sp³-hybridized carbons (Fsp3) is 0.467. The van der Waals surface area contributed by atoms with E-state index >= 15 is 0 Å². The molecule has 1 unspecified atom stereocenters. The van der Waals surface area contributed by atoms with E-state index in [9.17, 15) is 9.59 Å². The Morgan fingerprint density at radius 2 is 1.95 bits per heavy atom. The van der Waals surface area contributed by atoms with Gasteiger partial charge < -0.3 is 15.2 Å². The highest BCUT2D eigenvalue weighted by atomic mass is 35.5. The Labute approximate surface area is 129 Å². The molecule has 1 aromatic rings. The maximum absolute atomic E-state index is 11.8. The van der Waals surface area contributed by atoms with Gasteiger partial charge in [0.05, 0.1) is 11.1 Å². The van der Waals surface area contributed by atoms with Crippen LogP contribution in [0.3, 0.4) is 0 Å². The van der Waals surface area contributed by atoms with E-state index in [4.69, 9.17) is 21.4 Å². The molecule has 1 amide bonds. The van der Waals surface area contributed by atoms with E-state index in [1.54, 1.807) is 25.1 Å². The average Bonchev–Trinajstić information content (AvgIpc) is 2.30. The summed E-state index contributed by atoms with van der Waals surface area (Å²) in [6.07, 6.45) is 0.128. The van der Waals surface area contributed by atoms with Crippen LogP contribution in [0.4, 0.5) is 5.69 Å². The maximum Gasteiger partial charge on any atom is 0.303 e. The second-order valence-corrected chi connectivity index (χ2v) is 5.67. The van der Waals surface area contributed by atoms with E-state index < -0.39 is 5.97 Å². The van der Waals surface area contributed by atoms with Crippen molar-refractivity contribution in [1.29, 1.82) is 0 Å². The minimum atomic E-state index is -0.909. The summed E-state index contributed by atoms with van der Waals surface area (Å²) in [7, 11) is 0. The molecule has 21 heavy (non-hydrogen) atoms. The number of nitrogens with one attached hydrogen (secondary N) is 1. The molecule has 0 spiro atoms. The first-order chi connectivity index (χ1) is 9.77. The summed E-state index contributed by atoms with van der Waals surface area (Å²) in [6, 6.07) is 5.00. The molecule has 0 saturated carbocycles. The number of amides is 1. The van der Waals surface area contributed by atoms with Crippen molar-refractivity contribution in [1.82, 2.24) is 0 Å². The van der Waals surface area contributed by atoms with Gasteiger partial charge >= 0.3 is 5.97 Å². The van der Waals surface area contributed by atoms with Crippen molar-refractivity contribution in [3.05, 3.63) is 23.2 Å². The van der Waals surface area contributed by atoms with Crippen molar-refractivity contribution in [3.63, 3.8) is 0 Å². The third kappa shape index (κ3) is 6.49. The number of halogens is 1. The zero-order valence-electron chi connectivity index (χ0n) is 12.4. The molecule has 0 radical (unpaired) electrons. The van der Waals surface area contributed by atoms with Gasteiger partial charge in [0.25, 0.3) is 0 Å². The maximum atomic E-state index is 11.8. The summed E-state index contributed by atoms with van der Waals surface area (Å²) >= 11 is 6.08. The highest BCUT2D eigenvalue weighted by Gasteiger charge is 2.13. The molecular weight excluding hydrogens is 294 g/mol. The van der Waals surface area contributed by atoms with Crippen LogP contribution in [0.5, 0.6) is 5.75 Å². The van der Waals surface area contributed by atoms with Crippen LogP contribution < -0.4 is 10.1 Å². The minimum Gasteiger partial charge on any atom is -0.489 e. The fourth-order valence-electron chi connectivity index (χ4n) is 1.83. The number of anilines is 1. The van der Waals surface area contributed by atoms with Gasteiger partial charge in [-0.15, -0.1) is 0 Å². The summed E-state index contributed by atoms with van der Waals surface area (Å²) in [4.78, 5) is 22.4. The number of carbonyl (C=O) groups is 2. The quantitative estimate of drug-likeness (QED) is 0.807. The van der Waals surface area contributed by atoms with Gasteiger partial charge in [0.1, 0.15) is 5.75 Å². The number of hydrogen-bond acceptors (Lipinski definition) is 3. The standard InChI is InChI=1S/C15H20ClNO4/c1-9(2)21-13-5-4-11(8-12(13)16)17-14(18)6-10(3)7-15(19)20/h4-5,8-10H,6-7H2,1-3H3,(H,17,18)(H,19,20). The third-order valence-electron chi connectivity index (χ3n) is 2.64. The number of carboxylic acids is 1. The number of hydrogen-bond donors (Lipinski definition) is 2. The van der Waals surface area contributed by atoms with Crippen molar-refractivity contribution in [2.24, 2.45) is 5.92 Å². The van der Waals surface area contributed by atoms with E-state index in [2.05, 4.69) is 5.32 Å². The smallest absolute Gasteiger partial charge is 0.303 e. The summed E-state index contributed by atoms with van der Waals surface area (Å²) < 4.78 is 5.50. The van der Waals surface area contributed by atoms with Crippen molar-refractivity contribution in [2.45, 2.75) is 39.7 Å². The molecule has 5 nitrogen and oxygen atoms in total. The lowest BCUT2D eigenvalue weighted by Crippen LogP contribution is -2.17. The van der Waals surface area contributed by atoms with E-state index in [-0.39, 0.29) is 30.8 Å². The molecule has 0 aliphatic carbocycles. The zero-order valence-corrected chi connectivity index (χ0v) is 13.1. The number of carboxylic acid groups (broad SMARTS) is 1. The molecule has 0 bridgehead atoms. The van der Waals surface area contributed by atoms with E-state index in [1.165, 1.54) is 0 Å². The van der Waals surface area contributed by atoms with Gasteiger partial charge in [0.15, 0.2) is 0 Å². The molecule has 1 rings (SSSR count). The molecule has 116 valence electrons. The molecule has 0 fully saturated rings. The lowest BCUT2D eigenvalue weighted by atomic mass is 10.0. The fourth-order valence-corrected chi connectivity index (χ4v) is 2.05. The predicted molar refractivity (Wildman–Crippen MR) is 81.9 cm³/mol. The molecule has 6 heteroatoms. The Morgan fingerprint density at radius 1 is 1.29 bits per heavy atom. The van der Waals surface area contributed by atoms with Crippen LogP contribution in [-0.4, -0.2) is 23.1 Å². The van der Waals surface area contributed by atoms with Gasteiger partial charge in [0.2, 0.25) is 5.91 Å². The van der Waals surface area contributed by atoms with Crippen molar-refractivity contribution >= 4 is 29.2 Å². The second-order valence-electron chi connectivity index (χ2n) is 5.27. The van der Waals surface area contributed by atoms with Crippen molar-refractivity contribution in [3.8, 4) is 5.75 Å². The van der Waals surface area contributed by atoms with Gasteiger partial charge in [-0.25, -0.2) is 0 Å². The Morgan fingerprint density at radius 3 is 2.48 bits per heavy atom. The number of rotatable bonds is 7. The van der Waals surface area contributed by atoms with Crippen LogP contribution in [0, 0.1) is 5.92 Å². The van der Waals surface area contributed by atoms with Gasteiger partial charge in [-0.2, -0.15) is 0 Å². The van der Waals surface area contributed by atoms with Crippen LogP contribution >= 0.6 is 11.6 Å². The topological polar surface area (TPSA) is 75.6 Å². The molecule has 0 aliphatic heterocycles. The molecule has 0 saturated heterocycles. The number of carbonyl (C=O) groups excluding carboxylic acids is 1. The Bertz CT molecular complexity index is 516. The Hall–Kier alpha value is -1.75. The highest BCUT2D eigenvalue weighted by molar-refractivity contribution is 6.32. The van der Waals surface area contributed by atoms with Crippen LogP contribution in [-0.2, 0) is 9.59 Å². The first kappa shape index (κ1) is 17.3. The van der Waals surface area contributed by atoms with Crippen molar-refractivity contribution < 1.29 is 19.4 Å². The molecular formula is C15H20ClNO4. The SMILES string of the molecule is CC(CC(=O)O)CC(=O)Nc1ccc(OC(C)C)c(Cl)c1. The van der Waals surface area contributed by atoms with Crippen LogP contribution in [0.1, 0.15) is 33.6 Å². The van der Waals surface area contributed by atoms with Gasteiger partial charge in [0, 0.05) is 18.5 Å². The van der Waals surface area contributed by atoms with E-state index in [0.717, 1.165) is 0 Å². The second kappa shape index (κ2) is 7.88. The summed E-state index contributed by atoms with van der Waals surface area (Å²) in [6.45, 7) is 5.52. The normalized spacial score (nSPS) is 12.0. The first-order valence-corrected chi connectivity index (χ1v) is 7.13. The average molecular weight is 314 g/mol. The Balaban J connectivity index is 2.60. The van der Waals surface area contributed by atoms with Crippen LogP contribution in [0.15, 0.2) is 18.2 Å². The van der Waals surface area contributed by atoms with Crippen molar-refractivity contribution in [2.75, 3.05) is 5.32 Å². The molecule has 0 aliphatic rings. The lowest BCUT2D eigenvalue weighted by molar-refractivity contribution is -0.138. The summed E-state index contributed by atoms with van der Waals surface area (Å²) in [5, 5.41) is 11.8. The molecule has 0 heterocycles. The number of ether oxygens (including phenoxy) is 1. The number of aliphatic carboxylic acids is 1. The largest absolute Gasteiger partial charge is 0.489 e. The summed E-state index contributed by atoms with van der Waals surface area (Å²) in [5.74, 6) is -0.809. The minimum absolute atomic E-state index is 0.0137.